The van der Waals surface area contributed by atoms with Crippen LogP contribution in [0.2, 0.25) is 28.2 Å². The average Bonchev–Trinajstić information content (AvgIpc) is 2.72. The lowest BCUT2D eigenvalue weighted by Crippen LogP contribution is -2.47. The van der Waals surface area contributed by atoms with Crippen molar-refractivity contribution in [3.05, 3.63) is 69.7 Å². The van der Waals surface area contributed by atoms with Crippen LogP contribution in [0.3, 0.4) is 0 Å². The van der Waals surface area contributed by atoms with Crippen molar-refractivity contribution < 1.29 is 4.43 Å². The fraction of sp³-hybridized carbons (Fsp3) is 0.586. The van der Waals surface area contributed by atoms with Crippen molar-refractivity contribution >= 4 is 43.3 Å². The maximum atomic E-state index is 7.19. The molecule has 0 aliphatic heterocycles. The van der Waals surface area contributed by atoms with Crippen LogP contribution in [0.15, 0.2) is 48.5 Å². The molecule has 35 heavy (non-hydrogen) atoms. The second-order valence-electron chi connectivity index (χ2n) is 12.0. The predicted molar refractivity (Wildman–Crippen MR) is 161 cm³/mol. The first kappa shape index (κ1) is 30.7. The second-order valence-corrected chi connectivity index (χ2v) is 19.8. The van der Waals surface area contributed by atoms with E-state index in [2.05, 4.69) is 98.1 Å². The van der Waals surface area contributed by atoms with E-state index in [0.717, 1.165) is 22.0 Å². The standard InChI is InChI=1S/C29H45Cl2NOSSi/c1-11-25(20(2)34-28(3,4)5)32-26(21-15-17-23(30)18-16-21)27(22-13-12-14-24(31)19-22)33-35(9,10)29(6,7)8/h12-20,25-27,32H,11H2,1-10H3/t20-,25+,26+,27-/m0/s1. The summed E-state index contributed by atoms with van der Waals surface area (Å²) in [4.78, 5) is 0. The van der Waals surface area contributed by atoms with Gasteiger partial charge in [0, 0.05) is 26.1 Å². The third-order valence-corrected chi connectivity index (χ3v) is 13.2. The van der Waals surface area contributed by atoms with Crippen LogP contribution in [0.1, 0.15) is 85.1 Å². The van der Waals surface area contributed by atoms with Crippen LogP contribution in [0.4, 0.5) is 0 Å². The van der Waals surface area contributed by atoms with E-state index in [1.807, 2.05) is 36.0 Å². The van der Waals surface area contributed by atoms with Crippen molar-refractivity contribution in [1.29, 1.82) is 0 Å². The fourth-order valence-electron chi connectivity index (χ4n) is 3.99. The molecule has 0 spiro atoms. The molecule has 0 bridgehead atoms. The Balaban J connectivity index is 2.61. The minimum atomic E-state index is -2.12. The Morgan fingerprint density at radius 2 is 1.51 bits per heavy atom. The van der Waals surface area contributed by atoms with Gasteiger partial charge in [-0.05, 0) is 59.9 Å². The van der Waals surface area contributed by atoms with Gasteiger partial charge in [0.05, 0.1) is 12.1 Å². The minimum absolute atomic E-state index is 0.0483. The van der Waals surface area contributed by atoms with E-state index in [0.29, 0.717) is 11.3 Å². The molecule has 0 aliphatic carbocycles. The van der Waals surface area contributed by atoms with Crippen molar-refractivity contribution in [2.45, 2.75) is 108 Å². The van der Waals surface area contributed by atoms with E-state index in [9.17, 15) is 0 Å². The van der Waals surface area contributed by atoms with Crippen molar-refractivity contribution in [2.75, 3.05) is 0 Å². The Morgan fingerprint density at radius 3 is 2.00 bits per heavy atom. The number of rotatable bonds is 10. The lowest BCUT2D eigenvalue weighted by Gasteiger charge is -2.43. The summed E-state index contributed by atoms with van der Waals surface area (Å²) in [7, 11) is -2.12. The summed E-state index contributed by atoms with van der Waals surface area (Å²) < 4.78 is 7.38. The van der Waals surface area contributed by atoms with Gasteiger partial charge in [0.15, 0.2) is 8.32 Å². The third-order valence-electron chi connectivity index (χ3n) is 6.88. The molecular formula is C29H45Cl2NOSSi. The van der Waals surface area contributed by atoms with Gasteiger partial charge < -0.3 is 9.74 Å². The molecule has 4 atom stereocenters. The summed E-state index contributed by atoms with van der Waals surface area (Å²) in [6.45, 7) is 22.9. The van der Waals surface area contributed by atoms with E-state index in [-0.39, 0.29) is 21.9 Å². The highest BCUT2D eigenvalue weighted by atomic mass is 35.5. The van der Waals surface area contributed by atoms with Gasteiger partial charge in [0.2, 0.25) is 0 Å². The number of hydrogen-bond donors (Lipinski definition) is 1. The van der Waals surface area contributed by atoms with Gasteiger partial charge in [-0.2, -0.15) is 11.8 Å². The Morgan fingerprint density at radius 1 is 0.914 bits per heavy atom. The van der Waals surface area contributed by atoms with E-state index >= 15 is 0 Å². The van der Waals surface area contributed by atoms with Crippen LogP contribution in [0.25, 0.3) is 0 Å². The molecule has 0 aliphatic rings. The van der Waals surface area contributed by atoms with E-state index in [4.69, 9.17) is 27.6 Å². The molecule has 2 aromatic carbocycles. The molecule has 1 N–H and O–H groups in total. The number of hydrogen-bond acceptors (Lipinski definition) is 3. The molecule has 2 aromatic rings. The van der Waals surface area contributed by atoms with Crippen LogP contribution in [0, 0.1) is 0 Å². The van der Waals surface area contributed by atoms with E-state index < -0.39 is 8.32 Å². The first-order valence-electron chi connectivity index (χ1n) is 12.7. The molecule has 0 aromatic heterocycles. The minimum Gasteiger partial charge on any atom is -0.408 e. The maximum Gasteiger partial charge on any atom is 0.193 e. The molecule has 0 heterocycles. The summed E-state index contributed by atoms with van der Waals surface area (Å²) in [6, 6.07) is 16.6. The maximum absolute atomic E-state index is 7.19. The highest BCUT2D eigenvalue weighted by Crippen LogP contribution is 2.44. The molecule has 2 nitrogen and oxygen atoms in total. The van der Waals surface area contributed by atoms with Gasteiger partial charge in [-0.3, -0.25) is 0 Å². The second kappa shape index (κ2) is 12.4. The van der Waals surface area contributed by atoms with Crippen LogP contribution in [0.5, 0.6) is 0 Å². The van der Waals surface area contributed by atoms with Crippen LogP contribution >= 0.6 is 35.0 Å². The monoisotopic (exact) mass is 553 g/mol. The predicted octanol–water partition coefficient (Wildman–Crippen LogP) is 10.1. The summed E-state index contributed by atoms with van der Waals surface area (Å²) in [5, 5.41) is 6.02. The van der Waals surface area contributed by atoms with Crippen molar-refractivity contribution in [2.24, 2.45) is 0 Å². The molecule has 196 valence electrons. The molecule has 0 fully saturated rings. The third kappa shape index (κ3) is 9.09. The first-order valence-corrected chi connectivity index (χ1v) is 17.2. The Bertz CT molecular complexity index is 937. The van der Waals surface area contributed by atoms with Gasteiger partial charge >= 0.3 is 0 Å². The van der Waals surface area contributed by atoms with Crippen LogP contribution < -0.4 is 5.32 Å². The van der Waals surface area contributed by atoms with Gasteiger partial charge in [0.1, 0.15) is 0 Å². The molecule has 0 saturated heterocycles. The lowest BCUT2D eigenvalue weighted by molar-refractivity contribution is 0.129. The van der Waals surface area contributed by atoms with E-state index in [1.165, 1.54) is 5.56 Å². The fourth-order valence-corrected chi connectivity index (χ4v) is 7.13. The zero-order valence-corrected chi connectivity index (χ0v) is 26.5. The van der Waals surface area contributed by atoms with Gasteiger partial charge in [-0.25, -0.2) is 0 Å². The van der Waals surface area contributed by atoms with E-state index in [1.54, 1.807) is 0 Å². The number of thioether (sulfide) groups is 1. The van der Waals surface area contributed by atoms with Crippen molar-refractivity contribution in [3.63, 3.8) is 0 Å². The van der Waals surface area contributed by atoms with Gasteiger partial charge in [0.25, 0.3) is 0 Å². The summed E-state index contributed by atoms with van der Waals surface area (Å²) in [5.41, 5.74) is 2.27. The Kier molecular flexibility index (Phi) is 10.9. The number of nitrogens with one attached hydrogen (secondary N) is 1. The summed E-state index contributed by atoms with van der Waals surface area (Å²) in [5.74, 6) is 0. The first-order chi connectivity index (χ1) is 16.0. The Hall–Kier alpha value is -0.493. The van der Waals surface area contributed by atoms with Crippen molar-refractivity contribution in [3.8, 4) is 0 Å². The lowest BCUT2D eigenvalue weighted by atomic mass is 9.94. The van der Waals surface area contributed by atoms with Crippen LogP contribution in [-0.4, -0.2) is 24.4 Å². The zero-order chi connectivity index (χ0) is 26.6. The smallest absolute Gasteiger partial charge is 0.193 e. The molecular weight excluding hydrogens is 509 g/mol. The quantitative estimate of drug-likeness (QED) is 0.295. The SMILES string of the molecule is CC[C@@H](N[C@H](c1ccc(Cl)cc1)[C@@H](O[Si](C)(C)C(C)(C)C)c1cccc(Cl)c1)[C@H](C)SC(C)(C)C. The zero-order valence-electron chi connectivity index (χ0n) is 23.2. The number of halogens is 2. The summed E-state index contributed by atoms with van der Waals surface area (Å²) >= 11 is 14.8. The molecule has 0 radical (unpaired) electrons. The average molecular weight is 555 g/mol. The normalized spacial score (nSPS) is 16.6. The van der Waals surface area contributed by atoms with Crippen molar-refractivity contribution in [1.82, 2.24) is 5.32 Å². The van der Waals surface area contributed by atoms with Gasteiger partial charge in [-0.15, -0.1) is 0 Å². The van der Waals surface area contributed by atoms with Crippen LogP contribution in [-0.2, 0) is 4.43 Å². The number of benzene rings is 2. The largest absolute Gasteiger partial charge is 0.408 e. The molecule has 0 saturated carbocycles. The summed E-state index contributed by atoms with van der Waals surface area (Å²) in [6.07, 6.45) is 0.841. The molecule has 0 amide bonds. The molecule has 6 heteroatoms. The highest BCUT2D eigenvalue weighted by Gasteiger charge is 2.42. The molecule has 2 rings (SSSR count). The van der Waals surface area contributed by atoms with Gasteiger partial charge in [-0.1, -0.05) is 103 Å². The Labute approximate surface area is 230 Å². The molecule has 0 unspecified atom stereocenters. The highest BCUT2D eigenvalue weighted by molar-refractivity contribution is 8.01. The topological polar surface area (TPSA) is 21.3 Å².